The first-order valence-electron chi connectivity index (χ1n) is 7.02. The second-order valence-electron chi connectivity index (χ2n) is 4.94. The van der Waals surface area contributed by atoms with Crippen LogP contribution in [0.2, 0.25) is 0 Å². The summed E-state index contributed by atoms with van der Waals surface area (Å²) >= 11 is 0. The Kier molecular flexibility index (Phi) is 3.92. The summed E-state index contributed by atoms with van der Waals surface area (Å²) in [7, 11) is 0. The van der Waals surface area contributed by atoms with Crippen molar-refractivity contribution in [3.63, 3.8) is 0 Å². The molecule has 1 aromatic heterocycles. The molecule has 110 valence electrons. The van der Waals surface area contributed by atoms with Gasteiger partial charge in [-0.05, 0) is 23.8 Å². The van der Waals surface area contributed by atoms with Crippen molar-refractivity contribution in [2.45, 2.75) is 6.61 Å². The van der Waals surface area contributed by atoms with Crippen LogP contribution >= 0.6 is 0 Å². The molecule has 0 fully saturated rings. The average Bonchev–Trinajstić information content (AvgIpc) is 2.54. The van der Waals surface area contributed by atoms with E-state index < -0.39 is 0 Å². The van der Waals surface area contributed by atoms with Crippen LogP contribution in [0.3, 0.4) is 0 Å². The van der Waals surface area contributed by atoms with Crippen LogP contribution < -0.4 is 16.2 Å². The molecule has 0 aliphatic carbocycles. The molecule has 4 nitrogen and oxygen atoms in total. The molecular weight excluding hydrogens is 274 g/mol. The molecule has 0 amide bonds. The number of ether oxygens (including phenoxy) is 1. The second-order valence-corrected chi connectivity index (χ2v) is 4.94. The summed E-state index contributed by atoms with van der Waals surface area (Å²) in [4.78, 5) is 4.11. The number of nitrogens with zero attached hydrogens (tertiary/aromatic N) is 1. The number of anilines is 2. The highest BCUT2D eigenvalue weighted by Crippen LogP contribution is 2.33. The second kappa shape index (κ2) is 6.18. The van der Waals surface area contributed by atoms with E-state index in [1.807, 2.05) is 60.7 Å². The lowest BCUT2D eigenvalue weighted by Crippen LogP contribution is -2.00. The number of nitrogens with two attached hydrogens (primary N) is 2. The SMILES string of the molecule is Nc1ccc(-c2ccccc2OCc2ccccc2)c(N)n1. The zero-order valence-electron chi connectivity index (χ0n) is 12.1. The van der Waals surface area contributed by atoms with Gasteiger partial charge in [0.2, 0.25) is 0 Å². The average molecular weight is 291 g/mol. The molecule has 3 rings (SSSR count). The van der Waals surface area contributed by atoms with Crippen LogP contribution in [-0.4, -0.2) is 4.98 Å². The molecule has 1 heterocycles. The van der Waals surface area contributed by atoms with E-state index in [2.05, 4.69) is 4.98 Å². The number of nitrogen functional groups attached to an aromatic ring is 2. The molecule has 0 radical (unpaired) electrons. The Morgan fingerprint density at radius 1 is 0.773 bits per heavy atom. The van der Waals surface area contributed by atoms with Gasteiger partial charge < -0.3 is 16.2 Å². The van der Waals surface area contributed by atoms with Crippen molar-refractivity contribution >= 4 is 11.6 Å². The Bertz CT molecular complexity index is 772. The van der Waals surface area contributed by atoms with E-state index >= 15 is 0 Å². The predicted octanol–water partition coefficient (Wildman–Crippen LogP) is 3.49. The van der Waals surface area contributed by atoms with Crippen LogP contribution in [0.15, 0.2) is 66.7 Å². The van der Waals surface area contributed by atoms with E-state index in [0.717, 1.165) is 22.4 Å². The number of pyridine rings is 1. The van der Waals surface area contributed by atoms with Crippen LogP contribution in [0.5, 0.6) is 5.75 Å². The smallest absolute Gasteiger partial charge is 0.133 e. The highest BCUT2D eigenvalue weighted by molar-refractivity contribution is 5.79. The summed E-state index contributed by atoms with van der Waals surface area (Å²) in [6.07, 6.45) is 0. The van der Waals surface area contributed by atoms with Crippen molar-refractivity contribution in [3.8, 4) is 16.9 Å². The largest absolute Gasteiger partial charge is 0.488 e. The molecule has 0 aliphatic heterocycles. The third-order valence-corrected chi connectivity index (χ3v) is 3.36. The summed E-state index contributed by atoms with van der Waals surface area (Å²) in [5, 5.41) is 0. The summed E-state index contributed by atoms with van der Waals surface area (Å²) in [6, 6.07) is 21.4. The van der Waals surface area contributed by atoms with Gasteiger partial charge in [-0.15, -0.1) is 0 Å². The Balaban J connectivity index is 1.90. The van der Waals surface area contributed by atoms with Gasteiger partial charge in [0.05, 0.1) is 0 Å². The van der Waals surface area contributed by atoms with Crippen molar-refractivity contribution in [2.75, 3.05) is 11.5 Å². The van der Waals surface area contributed by atoms with Gasteiger partial charge in [0.15, 0.2) is 0 Å². The van der Waals surface area contributed by atoms with E-state index in [0.29, 0.717) is 18.2 Å². The maximum absolute atomic E-state index is 5.98. The molecule has 3 aromatic rings. The maximum Gasteiger partial charge on any atom is 0.133 e. The first-order valence-corrected chi connectivity index (χ1v) is 7.02. The number of benzene rings is 2. The lowest BCUT2D eigenvalue weighted by atomic mass is 10.1. The monoisotopic (exact) mass is 291 g/mol. The molecule has 0 aliphatic rings. The van der Waals surface area contributed by atoms with Crippen molar-refractivity contribution in [3.05, 3.63) is 72.3 Å². The third kappa shape index (κ3) is 3.01. The Morgan fingerprint density at radius 3 is 2.27 bits per heavy atom. The quantitative estimate of drug-likeness (QED) is 0.771. The molecule has 0 saturated carbocycles. The first-order chi connectivity index (χ1) is 10.7. The minimum absolute atomic E-state index is 0.399. The van der Waals surface area contributed by atoms with Crippen LogP contribution in [-0.2, 0) is 6.61 Å². The van der Waals surface area contributed by atoms with Gasteiger partial charge in [-0.1, -0.05) is 48.5 Å². The standard InChI is InChI=1S/C18H17N3O/c19-17-11-10-15(18(20)21-17)14-8-4-5-9-16(14)22-12-13-6-2-1-3-7-13/h1-11H,12H2,(H4,19,20,21). The number of para-hydroxylation sites is 1. The topological polar surface area (TPSA) is 74.2 Å². The Labute approximate surface area is 129 Å². The number of hydrogen-bond acceptors (Lipinski definition) is 4. The van der Waals surface area contributed by atoms with E-state index in [4.69, 9.17) is 16.2 Å². The highest BCUT2D eigenvalue weighted by atomic mass is 16.5. The lowest BCUT2D eigenvalue weighted by Gasteiger charge is -2.13. The van der Waals surface area contributed by atoms with Gasteiger partial charge in [-0.3, -0.25) is 0 Å². The zero-order valence-corrected chi connectivity index (χ0v) is 12.1. The number of aromatic nitrogens is 1. The van der Waals surface area contributed by atoms with Crippen molar-refractivity contribution in [2.24, 2.45) is 0 Å². The molecule has 22 heavy (non-hydrogen) atoms. The molecule has 0 bridgehead atoms. The van der Waals surface area contributed by atoms with Crippen LogP contribution in [0.25, 0.3) is 11.1 Å². The predicted molar refractivity (Wildman–Crippen MR) is 89.3 cm³/mol. The maximum atomic E-state index is 5.98. The van der Waals surface area contributed by atoms with Gasteiger partial charge >= 0.3 is 0 Å². The van der Waals surface area contributed by atoms with E-state index in [9.17, 15) is 0 Å². The summed E-state index contributed by atoms with van der Waals surface area (Å²) in [6.45, 7) is 0.500. The Hall–Kier alpha value is -3.01. The highest BCUT2D eigenvalue weighted by Gasteiger charge is 2.10. The molecule has 0 spiro atoms. The van der Waals surface area contributed by atoms with Crippen LogP contribution in [0, 0.1) is 0 Å². The normalized spacial score (nSPS) is 10.4. The van der Waals surface area contributed by atoms with Gasteiger partial charge in [0.1, 0.15) is 24.0 Å². The molecule has 0 unspecified atom stereocenters. The summed E-state index contributed by atoms with van der Waals surface area (Å²) in [5.41, 5.74) is 14.5. The van der Waals surface area contributed by atoms with Crippen LogP contribution in [0.1, 0.15) is 5.56 Å². The fourth-order valence-electron chi connectivity index (χ4n) is 2.27. The molecule has 4 heteroatoms. The third-order valence-electron chi connectivity index (χ3n) is 3.36. The van der Waals surface area contributed by atoms with Gasteiger partial charge in [-0.2, -0.15) is 0 Å². The van der Waals surface area contributed by atoms with E-state index in [-0.39, 0.29) is 0 Å². The van der Waals surface area contributed by atoms with Crippen molar-refractivity contribution < 1.29 is 4.74 Å². The fourth-order valence-corrected chi connectivity index (χ4v) is 2.27. The minimum Gasteiger partial charge on any atom is -0.488 e. The van der Waals surface area contributed by atoms with E-state index in [1.54, 1.807) is 6.07 Å². The summed E-state index contributed by atoms with van der Waals surface area (Å²) in [5.74, 6) is 1.57. The fraction of sp³-hybridized carbons (Fsp3) is 0.0556. The zero-order chi connectivity index (χ0) is 15.4. The van der Waals surface area contributed by atoms with Gasteiger partial charge in [-0.25, -0.2) is 4.98 Å². The summed E-state index contributed by atoms with van der Waals surface area (Å²) < 4.78 is 5.95. The molecule has 4 N–H and O–H groups in total. The van der Waals surface area contributed by atoms with Crippen molar-refractivity contribution in [1.29, 1.82) is 0 Å². The molecule has 0 saturated heterocycles. The molecule has 2 aromatic carbocycles. The minimum atomic E-state index is 0.399. The lowest BCUT2D eigenvalue weighted by molar-refractivity contribution is 0.307. The first kappa shape index (κ1) is 13.9. The van der Waals surface area contributed by atoms with Gasteiger partial charge in [0, 0.05) is 11.1 Å². The Morgan fingerprint density at radius 2 is 1.50 bits per heavy atom. The molecule has 0 atom stereocenters. The van der Waals surface area contributed by atoms with Crippen LogP contribution in [0.4, 0.5) is 11.6 Å². The number of hydrogen-bond donors (Lipinski definition) is 2. The van der Waals surface area contributed by atoms with E-state index in [1.165, 1.54) is 0 Å². The number of rotatable bonds is 4. The van der Waals surface area contributed by atoms with Gasteiger partial charge in [0.25, 0.3) is 0 Å². The van der Waals surface area contributed by atoms with Crippen molar-refractivity contribution in [1.82, 2.24) is 4.98 Å². The molecular formula is C18H17N3O.